The number of benzene rings is 3. The summed E-state index contributed by atoms with van der Waals surface area (Å²) < 4.78 is 29.0. The van der Waals surface area contributed by atoms with E-state index in [9.17, 15) is 13.2 Å². The Labute approximate surface area is 197 Å². The first-order valence-corrected chi connectivity index (χ1v) is 12.3. The molecule has 0 radical (unpaired) electrons. The van der Waals surface area contributed by atoms with Crippen molar-refractivity contribution in [1.29, 1.82) is 0 Å². The summed E-state index contributed by atoms with van der Waals surface area (Å²) in [6, 6.07) is 25.5. The molecule has 0 spiro atoms. The third-order valence-electron chi connectivity index (χ3n) is 5.37. The van der Waals surface area contributed by atoms with Crippen LogP contribution in [0.5, 0.6) is 0 Å². The molecule has 0 aliphatic rings. The van der Waals surface area contributed by atoms with Crippen molar-refractivity contribution in [3.63, 3.8) is 0 Å². The van der Waals surface area contributed by atoms with E-state index >= 15 is 0 Å². The number of carbonyl (C=O) groups is 1. The number of hydrogen-bond donors (Lipinski definition) is 0. The van der Waals surface area contributed by atoms with Gasteiger partial charge in [0.15, 0.2) is 11.5 Å². The molecule has 34 heavy (non-hydrogen) atoms. The van der Waals surface area contributed by atoms with Gasteiger partial charge in [-0.25, -0.2) is 17.7 Å². The number of para-hydroxylation sites is 1. The fourth-order valence-electron chi connectivity index (χ4n) is 3.90. The second-order valence-corrected chi connectivity index (χ2v) is 9.59. The van der Waals surface area contributed by atoms with Gasteiger partial charge in [0.05, 0.1) is 29.5 Å². The van der Waals surface area contributed by atoms with Crippen molar-refractivity contribution in [1.82, 2.24) is 14.4 Å². The van der Waals surface area contributed by atoms with Crippen molar-refractivity contribution in [3.8, 4) is 22.5 Å². The molecule has 0 saturated heterocycles. The first kappa shape index (κ1) is 21.5. The molecule has 0 bridgehead atoms. The Morgan fingerprint density at radius 1 is 0.882 bits per heavy atom. The second kappa shape index (κ2) is 8.57. The minimum Gasteiger partial charge on any atom is -0.298 e. The lowest BCUT2D eigenvalue weighted by Gasteiger charge is -2.21. The summed E-state index contributed by atoms with van der Waals surface area (Å²) in [5.74, 6) is 0.278. The van der Waals surface area contributed by atoms with E-state index in [2.05, 4.69) is 4.98 Å². The van der Waals surface area contributed by atoms with Crippen molar-refractivity contribution in [2.24, 2.45) is 0 Å². The van der Waals surface area contributed by atoms with E-state index in [-0.39, 0.29) is 5.82 Å². The van der Waals surface area contributed by atoms with Gasteiger partial charge in [0, 0.05) is 22.9 Å². The van der Waals surface area contributed by atoms with Crippen LogP contribution in [0.25, 0.3) is 28.2 Å². The number of fused-ring (bicyclic) bond motifs is 1. The molecule has 2 aromatic heterocycles. The van der Waals surface area contributed by atoms with E-state index < -0.39 is 10.0 Å². The van der Waals surface area contributed by atoms with Crippen molar-refractivity contribution in [3.05, 3.63) is 103 Å². The highest BCUT2D eigenvalue weighted by atomic mass is 32.2. The van der Waals surface area contributed by atoms with E-state index in [0.717, 1.165) is 23.7 Å². The highest BCUT2D eigenvalue weighted by Gasteiger charge is 2.28. The summed E-state index contributed by atoms with van der Waals surface area (Å²) in [5, 5.41) is 0. The van der Waals surface area contributed by atoms with Gasteiger partial charge in [-0.2, -0.15) is 0 Å². The van der Waals surface area contributed by atoms with Crippen LogP contribution in [0.3, 0.4) is 0 Å². The third-order valence-corrected chi connectivity index (χ3v) is 6.42. The number of aldehydes is 1. The van der Waals surface area contributed by atoms with Gasteiger partial charge in [-0.1, -0.05) is 66.7 Å². The third kappa shape index (κ3) is 3.95. The van der Waals surface area contributed by atoms with Crippen LogP contribution in [-0.2, 0) is 10.0 Å². The Morgan fingerprint density at radius 2 is 1.56 bits per heavy atom. The largest absolute Gasteiger partial charge is 0.298 e. The van der Waals surface area contributed by atoms with E-state index in [1.54, 1.807) is 48.7 Å². The first-order chi connectivity index (χ1) is 16.5. The van der Waals surface area contributed by atoms with Crippen LogP contribution in [0.2, 0.25) is 0 Å². The lowest BCUT2D eigenvalue weighted by atomic mass is 10.1. The minimum atomic E-state index is -3.72. The quantitative estimate of drug-likeness (QED) is 0.328. The van der Waals surface area contributed by atoms with Crippen molar-refractivity contribution < 1.29 is 13.2 Å². The predicted octanol–water partition coefficient (Wildman–Crippen LogP) is 4.97. The zero-order chi connectivity index (χ0) is 23.7. The number of anilines is 2. The monoisotopic (exact) mass is 468 g/mol. The summed E-state index contributed by atoms with van der Waals surface area (Å²) in [6.07, 6.45) is 5.36. The fraction of sp³-hybridized carbons (Fsp3) is 0.0385. The smallest absolute Gasteiger partial charge is 0.237 e. The predicted molar refractivity (Wildman–Crippen MR) is 133 cm³/mol. The molecule has 3 aromatic carbocycles. The molecule has 0 amide bonds. The number of carbonyl (C=O) groups excluding carboxylic acids is 1. The summed E-state index contributed by atoms with van der Waals surface area (Å²) in [4.78, 5) is 20.5. The molecule has 168 valence electrons. The Balaban J connectivity index is 1.81. The van der Waals surface area contributed by atoms with Gasteiger partial charge in [-0.3, -0.25) is 14.2 Å². The van der Waals surface area contributed by atoms with Gasteiger partial charge in [-0.15, -0.1) is 0 Å². The molecule has 2 heterocycles. The van der Waals surface area contributed by atoms with Gasteiger partial charge in [0.2, 0.25) is 10.0 Å². The normalized spacial score (nSPS) is 11.4. The standard InChI is InChI=1S/C26H20N4O3S/c1-34(32,33)30(22-13-6-3-7-14-22)26-25(20-10-4-2-5-11-20)29-17-23(27-16-24(29)28-26)21-12-8-9-19(15-21)18-31/h2-18H,1H3. The molecule has 8 heteroatoms. The maximum atomic E-state index is 13.0. The summed E-state index contributed by atoms with van der Waals surface area (Å²) >= 11 is 0. The van der Waals surface area contributed by atoms with Crippen LogP contribution >= 0.6 is 0 Å². The Morgan fingerprint density at radius 3 is 2.24 bits per heavy atom. The molecule has 5 rings (SSSR count). The molecule has 0 N–H and O–H groups in total. The Kier molecular flexibility index (Phi) is 5.43. The number of rotatable bonds is 6. The van der Waals surface area contributed by atoms with Crippen molar-refractivity contribution in [2.75, 3.05) is 10.6 Å². The first-order valence-electron chi connectivity index (χ1n) is 10.5. The lowest BCUT2D eigenvalue weighted by molar-refractivity contribution is 0.112. The van der Waals surface area contributed by atoms with Gasteiger partial charge in [-0.05, 0) is 18.2 Å². The minimum absolute atomic E-state index is 0.278. The fourth-order valence-corrected chi connectivity index (χ4v) is 4.85. The molecule has 5 aromatic rings. The molecular formula is C26H20N4O3S. The molecule has 0 unspecified atom stereocenters. The molecule has 0 atom stereocenters. The van der Waals surface area contributed by atoms with E-state index in [1.165, 1.54) is 4.31 Å². The number of nitrogens with zero attached hydrogens (tertiary/aromatic N) is 4. The van der Waals surface area contributed by atoms with E-state index in [0.29, 0.717) is 28.3 Å². The zero-order valence-electron chi connectivity index (χ0n) is 18.2. The Bertz CT molecular complexity index is 1600. The van der Waals surface area contributed by atoms with Crippen molar-refractivity contribution in [2.45, 2.75) is 0 Å². The van der Waals surface area contributed by atoms with Crippen LogP contribution in [0.15, 0.2) is 97.3 Å². The zero-order valence-corrected chi connectivity index (χ0v) is 19.1. The lowest BCUT2D eigenvalue weighted by Crippen LogP contribution is -2.25. The average Bonchev–Trinajstić information content (AvgIpc) is 3.22. The number of hydrogen-bond acceptors (Lipinski definition) is 5. The number of aromatic nitrogens is 3. The second-order valence-electron chi connectivity index (χ2n) is 7.76. The molecule has 0 aliphatic carbocycles. The maximum absolute atomic E-state index is 13.0. The number of imidazole rings is 1. The van der Waals surface area contributed by atoms with Crippen LogP contribution in [0.4, 0.5) is 11.5 Å². The van der Waals surface area contributed by atoms with Crippen LogP contribution in [-0.4, -0.2) is 35.3 Å². The van der Waals surface area contributed by atoms with Crippen LogP contribution in [0, 0.1) is 0 Å². The summed E-state index contributed by atoms with van der Waals surface area (Å²) in [5.41, 5.74) is 4.33. The molecule has 0 saturated carbocycles. The molecule has 7 nitrogen and oxygen atoms in total. The van der Waals surface area contributed by atoms with Crippen LogP contribution < -0.4 is 4.31 Å². The van der Waals surface area contributed by atoms with Gasteiger partial charge < -0.3 is 0 Å². The summed E-state index contributed by atoms with van der Waals surface area (Å²) in [6.45, 7) is 0. The molecule has 0 fully saturated rings. The highest BCUT2D eigenvalue weighted by Crippen LogP contribution is 2.37. The number of sulfonamides is 1. The maximum Gasteiger partial charge on any atom is 0.237 e. The summed E-state index contributed by atoms with van der Waals surface area (Å²) in [7, 11) is -3.72. The Hall–Kier alpha value is -4.30. The SMILES string of the molecule is CS(=O)(=O)N(c1ccccc1)c1nc2cnc(-c3cccc(C=O)c3)cn2c1-c1ccccc1. The van der Waals surface area contributed by atoms with Crippen LogP contribution in [0.1, 0.15) is 10.4 Å². The van der Waals surface area contributed by atoms with E-state index in [1.807, 2.05) is 53.1 Å². The van der Waals surface area contributed by atoms with Gasteiger partial charge >= 0.3 is 0 Å². The molecule has 0 aliphatic heterocycles. The molecular weight excluding hydrogens is 448 g/mol. The average molecular weight is 469 g/mol. The van der Waals surface area contributed by atoms with Crippen molar-refractivity contribution >= 4 is 33.5 Å². The topological polar surface area (TPSA) is 84.6 Å². The highest BCUT2D eigenvalue weighted by molar-refractivity contribution is 7.92. The van der Waals surface area contributed by atoms with Gasteiger partial charge in [0.1, 0.15) is 6.29 Å². The van der Waals surface area contributed by atoms with Gasteiger partial charge in [0.25, 0.3) is 0 Å². The van der Waals surface area contributed by atoms with E-state index in [4.69, 9.17) is 4.98 Å².